The second kappa shape index (κ2) is 12.4. The Morgan fingerprint density at radius 3 is 2.72 bits per heavy atom. The number of carbonyl (C=O) groups is 1. The predicted octanol–water partition coefficient (Wildman–Crippen LogP) is 5.12. The Morgan fingerprint density at radius 2 is 1.95 bits per heavy atom. The van der Waals surface area contributed by atoms with Gasteiger partial charge in [-0.05, 0) is 66.9 Å². The van der Waals surface area contributed by atoms with Crippen molar-refractivity contribution < 1.29 is 9.18 Å². The van der Waals surface area contributed by atoms with E-state index in [1.807, 2.05) is 6.92 Å². The van der Waals surface area contributed by atoms with Crippen molar-refractivity contribution in [1.82, 2.24) is 14.5 Å². The molecule has 43 heavy (non-hydrogen) atoms. The third-order valence-electron chi connectivity index (χ3n) is 7.33. The first kappa shape index (κ1) is 29.4. The maximum Gasteiger partial charge on any atom is 0.254 e. The van der Waals surface area contributed by atoms with Gasteiger partial charge in [-0.1, -0.05) is 24.9 Å². The Kier molecular flexibility index (Phi) is 8.52. The van der Waals surface area contributed by atoms with Crippen LogP contribution in [0.15, 0.2) is 83.8 Å². The molecule has 2 bridgehead atoms. The Bertz CT molecular complexity index is 1830. The molecule has 2 aromatic heterocycles. The molecule has 1 aliphatic heterocycles. The summed E-state index contributed by atoms with van der Waals surface area (Å²) in [6.45, 7) is 1.84. The van der Waals surface area contributed by atoms with Gasteiger partial charge in [0.2, 0.25) is 5.91 Å². The van der Waals surface area contributed by atoms with Crippen molar-refractivity contribution in [2.24, 2.45) is 17.5 Å². The molecule has 0 radical (unpaired) electrons. The molecule has 0 aliphatic carbocycles. The number of benzene rings is 2. The molecule has 4 aromatic rings. The Hall–Kier alpha value is -5.05. The molecule has 0 spiro atoms. The number of carbonyl (C=O) groups excluding carboxylic acids is 1. The van der Waals surface area contributed by atoms with Crippen molar-refractivity contribution in [1.29, 1.82) is 5.26 Å². The summed E-state index contributed by atoms with van der Waals surface area (Å²) in [5.74, 6) is 5.22. The maximum absolute atomic E-state index is 14.3. The molecule has 218 valence electrons. The molecule has 3 heterocycles. The Balaban J connectivity index is 1.59. The SMILES string of the molecule is CC1CCCC(n2cnc(-c3cc(Cl)ccc3N(N)/C=C(\N)C#N)cc2=O)c2cc(ccn2)-c2cc(F)ccc2NC1=O. The van der Waals surface area contributed by atoms with Crippen LogP contribution in [0.25, 0.3) is 22.4 Å². The lowest BCUT2D eigenvalue weighted by molar-refractivity contribution is -0.119. The lowest BCUT2D eigenvalue weighted by atomic mass is 9.95. The molecule has 12 heteroatoms. The van der Waals surface area contributed by atoms with Crippen molar-refractivity contribution in [3.63, 3.8) is 0 Å². The lowest BCUT2D eigenvalue weighted by Gasteiger charge is -2.23. The summed E-state index contributed by atoms with van der Waals surface area (Å²) in [5.41, 5.74) is 8.60. The molecular weight excluding hydrogens is 571 g/mol. The largest absolute Gasteiger partial charge is 0.389 e. The summed E-state index contributed by atoms with van der Waals surface area (Å²) < 4.78 is 15.8. The van der Waals surface area contributed by atoms with Crippen LogP contribution in [0.2, 0.25) is 5.02 Å². The molecule has 1 aliphatic rings. The van der Waals surface area contributed by atoms with Gasteiger partial charge in [0, 0.05) is 40.0 Å². The van der Waals surface area contributed by atoms with E-state index in [1.165, 1.54) is 35.3 Å². The topological polar surface area (TPSA) is 156 Å². The number of hydrogen-bond acceptors (Lipinski definition) is 8. The highest BCUT2D eigenvalue weighted by Crippen LogP contribution is 2.34. The summed E-state index contributed by atoms with van der Waals surface area (Å²) >= 11 is 6.27. The van der Waals surface area contributed by atoms with Crippen molar-refractivity contribution in [2.45, 2.75) is 32.2 Å². The van der Waals surface area contributed by atoms with Gasteiger partial charge in [0.25, 0.3) is 5.56 Å². The van der Waals surface area contributed by atoms with E-state index in [0.717, 1.165) is 5.01 Å². The van der Waals surface area contributed by atoms with Crippen LogP contribution in [-0.2, 0) is 4.79 Å². The first-order chi connectivity index (χ1) is 20.6. The van der Waals surface area contributed by atoms with Gasteiger partial charge < -0.3 is 11.1 Å². The summed E-state index contributed by atoms with van der Waals surface area (Å²) in [7, 11) is 0. The van der Waals surface area contributed by atoms with Crippen LogP contribution >= 0.6 is 11.6 Å². The monoisotopic (exact) mass is 598 g/mol. The number of nitriles is 1. The summed E-state index contributed by atoms with van der Waals surface area (Å²) in [5, 5.41) is 13.5. The molecule has 5 N–H and O–H groups in total. The van der Waals surface area contributed by atoms with Gasteiger partial charge in [0.1, 0.15) is 17.6 Å². The molecule has 5 rings (SSSR count). The molecule has 2 aromatic carbocycles. The first-order valence-electron chi connectivity index (χ1n) is 13.5. The van der Waals surface area contributed by atoms with E-state index < -0.39 is 11.9 Å². The number of hydrogen-bond donors (Lipinski definition) is 3. The molecule has 0 fully saturated rings. The number of aromatic nitrogens is 3. The summed E-state index contributed by atoms with van der Waals surface area (Å²) in [6.07, 6.45) is 5.99. The highest BCUT2D eigenvalue weighted by atomic mass is 35.5. The second-order valence-corrected chi connectivity index (χ2v) is 10.7. The number of allylic oxidation sites excluding steroid dienone is 1. The van der Waals surface area contributed by atoms with E-state index >= 15 is 0 Å². The van der Waals surface area contributed by atoms with Crippen molar-refractivity contribution in [3.8, 4) is 28.5 Å². The first-order valence-corrected chi connectivity index (χ1v) is 13.9. The Morgan fingerprint density at radius 1 is 1.14 bits per heavy atom. The number of fused-ring (bicyclic) bond motifs is 4. The van der Waals surface area contributed by atoms with Gasteiger partial charge >= 0.3 is 0 Å². The Labute approximate surface area is 252 Å². The number of rotatable bonds is 4. The van der Waals surface area contributed by atoms with Crippen molar-refractivity contribution >= 4 is 28.9 Å². The third kappa shape index (κ3) is 6.40. The smallest absolute Gasteiger partial charge is 0.254 e. The number of nitrogens with one attached hydrogen (secondary N) is 1. The molecule has 0 saturated carbocycles. The van der Waals surface area contributed by atoms with Crippen LogP contribution in [-0.4, -0.2) is 20.4 Å². The predicted molar refractivity (Wildman–Crippen MR) is 163 cm³/mol. The normalized spacial score (nSPS) is 17.1. The number of pyridine rings is 1. The van der Waals surface area contributed by atoms with Crippen LogP contribution in [0.4, 0.5) is 15.8 Å². The maximum atomic E-state index is 14.3. The molecule has 2 atom stereocenters. The van der Waals surface area contributed by atoms with Gasteiger partial charge in [-0.25, -0.2) is 15.2 Å². The van der Waals surface area contributed by atoms with Gasteiger partial charge in [0.05, 0.1) is 35.6 Å². The van der Waals surface area contributed by atoms with E-state index in [9.17, 15) is 14.0 Å². The van der Waals surface area contributed by atoms with E-state index in [2.05, 4.69) is 15.3 Å². The fourth-order valence-electron chi connectivity index (χ4n) is 5.07. The highest BCUT2D eigenvalue weighted by molar-refractivity contribution is 6.31. The van der Waals surface area contributed by atoms with E-state index in [0.29, 0.717) is 63.7 Å². The zero-order chi connectivity index (χ0) is 30.7. The van der Waals surface area contributed by atoms with Crippen LogP contribution < -0.4 is 27.5 Å². The second-order valence-electron chi connectivity index (χ2n) is 10.3. The molecule has 2 unspecified atom stereocenters. The minimum absolute atomic E-state index is 0.110. The standard InChI is InChI=1S/C31H28ClFN8O2/c1-18-3-2-4-29(27-11-19(9-10-37-27)23-13-21(33)6-7-25(23)39-31(18)43)40-17-38-26(14-30(40)42)24-12-20(32)5-8-28(24)41(36)16-22(35)15-34/h5-14,16-18,29H,2-4,35-36H2,1H3,(H,39,43)/b22-16-. The lowest BCUT2D eigenvalue weighted by Crippen LogP contribution is -2.28. The third-order valence-corrected chi connectivity index (χ3v) is 7.56. The van der Waals surface area contributed by atoms with Crippen molar-refractivity contribution in [2.75, 3.05) is 10.3 Å². The zero-order valence-electron chi connectivity index (χ0n) is 23.2. The molecule has 1 amide bonds. The average molecular weight is 599 g/mol. The minimum Gasteiger partial charge on any atom is -0.389 e. The quantitative estimate of drug-likeness (QED) is 0.166. The minimum atomic E-state index is -0.510. The highest BCUT2D eigenvalue weighted by Gasteiger charge is 2.23. The van der Waals surface area contributed by atoms with Gasteiger partial charge in [-0.15, -0.1) is 0 Å². The number of nitrogens with two attached hydrogens (primary N) is 2. The summed E-state index contributed by atoms with van der Waals surface area (Å²) in [4.78, 5) is 35.7. The van der Waals surface area contributed by atoms with Gasteiger partial charge in [0.15, 0.2) is 0 Å². The molecule has 0 saturated heterocycles. The van der Waals surface area contributed by atoms with Gasteiger partial charge in [-0.3, -0.25) is 24.1 Å². The number of anilines is 2. The van der Waals surface area contributed by atoms with E-state index in [-0.39, 0.29) is 23.1 Å². The number of amides is 1. The fourth-order valence-corrected chi connectivity index (χ4v) is 5.25. The average Bonchev–Trinajstić information content (AvgIpc) is 2.99. The molecule has 10 nitrogen and oxygen atoms in total. The van der Waals surface area contributed by atoms with Crippen LogP contribution in [0, 0.1) is 23.1 Å². The van der Waals surface area contributed by atoms with Crippen LogP contribution in [0.3, 0.4) is 0 Å². The van der Waals surface area contributed by atoms with Crippen LogP contribution in [0.5, 0.6) is 0 Å². The van der Waals surface area contributed by atoms with E-state index in [1.54, 1.807) is 48.7 Å². The van der Waals surface area contributed by atoms with E-state index in [4.69, 9.17) is 28.4 Å². The van der Waals surface area contributed by atoms with Crippen LogP contribution in [0.1, 0.15) is 37.9 Å². The fraction of sp³-hybridized carbons (Fsp3) is 0.194. The number of halogens is 2. The van der Waals surface area contributed by atoms with Crippen molar-refractivity contribution in [3.05, 3.63) is 106 Å². The van der Waals surface area contributed by atoms with Gasteiger partial charge in [-0.2, -0.15) is 5.26 Å². The number of hydrazine groups is 1. The molecular formula is C31H28ClFN8O2. The summed E-state index contributed by atoms with van der Waals surface area (Å²) in [6, 6.07) is 15.3. The number of nitrogens with zero attached hydrogens (tertiary/aromatic N) is 5. The zero-order valence-corrected chi connectivity index (χ0v) is 23.9.